The molecule has 0 fully saturated rings. The summed E-state index contributed by atoms with van der Waals surface area (Å²) >= 11 is 0. The largest absolute Gasteiger partial charge is 0.496 e. The van der Waals surface area contributed by atoms with Crippen LogP contribution in [0, 0.1) is 11.6 Å². The molecule has 0 radical (unpaired) electrons. The number of rotatable bonds is 4. The second-order valence-electron chi connectivity index (χ2n) is 4.23. The van der Waals surface area contributed by atoms with Gasteiger partial charge in [0.15, 0.2) is 0 Å². The summed E-state index contributed by atoms with van der Waals surface area (Å²) in [6.45, 7) is 1.89. The van der Waals surface area contributed by atoms with Crippen molar-refractivity contribution in [3.63, 3.8) is 0 Å². The van der Waals surface area contributed by atoms with E-state index in [1.165, 1.54) is 12.1 Å². The first-order valence-electron chi connectivity index (χ1n) is 5.96. The zero-order valence-electron chi connectivity index (χ0n) is 10.8. The fourth-order valence-electron chi connectivity index (χ4n) is 1.94. The van der Waals surface area contributed by atoms with E-state index in [-0.39, 0.29) is 11.7 Å². The van der Waals surface area contributed by atoms with E-state index < -0.39 is 11.6 Å². The van der Waals surface area contributed by atoms with Crippen molar-refractivity contribution in [3.8, 4) is 5.75 Å². The molecular formula is C15H15F2NO. The summed E-state index contributed by atoms with van der Waals surface area (Å²) in [6, 6.07) is 10.8. The van der Waals surface area contributed by atoms with Crippen LogP contribution in [-0.4, -0.2) is 7.11 Å². The van der Waals surface area contributed by atoms with E-state index in [0.717, 1.165) is 17.4 Å². The number of ether oxygens (including phenoxy) is 1. The Balaban J connectivity index is 2.23. The maximum Gasteiger partial charge on any atom is 0.149 e. The van der Waals surface area contributed by atoms with Crippen LogP contribution in [0.3, 0.4) is 0 Å². The molecule has 4 heteroatoms. The molecule has 1 N–H and O–H groups in total. The molecule has 0 heterocycles. The Morgan fingerprint density at radius 1 is 1.11 bits per heavy atom. The van der Waals surface area contributed by atoms with Crippen LogP contribution >= 0.6 is 0 Å². The van der Waals surface area contributed by atoms with E-state index in [0.29, 0.717) is 0 Å². The van der Waals surface area contributed by atoms with Gasteiger partial charge in [-0.1, -0.05) is 18.2 Å². The predicted molar refractivity (Wildman–Crippen MR) is 71.4 cm³/mol. The van der Waals surface area contributed by atoms with Gasteiger partial charge in [0.05, 0.1) is 18.8 Å². The van der Waals surface area contributed by atoms with Gasteiger partial charge in [0, 0.05) is 11.6 Å². The third-order valence-electron chi connectivity index (χ3n) is 2.91. The van der Waals surface area contributed by atoms with Gasteiger partial charge in [-0.05, 0) is 25.1 Å². The first kappa shape index (κ1) is 13.3. The topological polar surface area (TPSA) is 21.3 Å². The summed E-state index contributed by atoms with van der Waals surface area (Å²) < 4.78 is 31.7. The van der Waals surface area contributed by atoms with Crippen molar-refractivity contribution in [1.29, 1.82) is 0 Å². The van der Waals surface area contributed by atoms with Crippen molar-refractivity contribution in [2.75, 3.05) is 12.4 Å². The number of benzene rings is 2. The second-order valence-corrected chi connectivity index (χ2v) is 4.23. The summed E-state index contributed by atoms with van der Waals surface area (Å²) in [5, 5.41) is 3.01. The Bertz CT molecular complexity index is 572. The van der Waals surface area contributed by atoms with Crippen molar-refractivity contribution in [2.24, 2.45) is 0 Å². The van der Waals surface area contributed by atoms with E-state index in [9.17, 15) is 8.78 Å². The lowest BCUT2D eigenvalue weighted by Gasteiger charge is -2.18. The average Bonchev–Trinajstić information content (AvgIpc) is 2.41. The van der Waals surface area contributed by atoms with Gasteiger partial charge in [-0.2, -0.15) is 0 Å². The van der Waals surface area contributed by atoms with E-state index in [2.05, 4.69) is 5.32 Å². The molecule has 0 aliphatic rings. The minimum atomic E-state index is -0.609. The third kappa shape index (κ3) is 3.02. The van der Waals surface area contributed by atoms with Crippen LogP contribution in [0.5, 0.6) is 5.75 Å². The monoisotopic (exact) mass is 263 g/mol. The summed E-state index contributed by atoms with van der Waals surface area (Å²) in [5.74, 6) is -0.472. The van der Waals surface area contributed by atoms with Gasteiger partial charge < -0.3 is 10.1 Å². The highest BCUT2D eigenvalue weighted by Gasteiger charge is 2.12. The Morgan fingerprint density at radius 2 is 1.84 bits per heavy atom. The molecule has 0 amide bonds. The number of hydrogen-bond acceptors (Lipinski definition) is 2. The number of anilines is 1. The average molecular weight is 263 g/mol. The highest BCUT2D eigenvalue weighted by Crippen LogP contribution is 2.28. The standard InChI is InChI=1S/C15H15F2NO/c1-10(12-5-3-4-6-15(12)19-2)18-14-8-7-11(16)9-13(14)17/h3-10,18H,1-2H3. The molecular weight excluding hydrogens is 248 g/mol. The first-order valence-corrected chi connectivity index (χ1v) is 5.96. The lowest BCUT2D eigenvalue weighted by Crippen LogP contribution is -2.09. The molecule has 0 aliphatic heterocycles. The molecule has 0 spiro atoms. The van der Waals surface area contributed by atoms with Crippen LogP contribution in [-0.2, 0) is 0 Å². The molecule has 1 atom stereocenters. The van der Waals surface area contributed by atoms with E-state index in [4.69, 9.17) is 4.74 Å². The number of para-hydroxylation sites is 1. The molecule has 0 aromatic heterocycles. The molecule has 2 aromatic carbocycles. The SMILES string of the molecule is COc1ccccc1C(C)Nc1ccc(F)cc1F. The Hall–Kier alpha value is -2.10. The van der Waals surface area contributed by atoms with E-state index >= 15 is 0 Å². The van der Waals surface area contributed by atoms with Gasteiger partial charge in [-0.3, -0.25) is 0 Å². The Kier molecular flexibility index (Phi) is 4.00. The zero-order valence-corrected chi connectivity index (χ0v) is 10.8. The molecule has 0 saturated heterocycles. The maximum atomic E-state index is 13.6. The van der Waals surface area contributed by atoms with Crippen molar-refractivity contribution in [3.05, 3.63) is 59.7 Å². The minimum Gasteiger partial charge on any atom is -0.496 e. The van der Waals surface area contributed by atoms with Crippen molar-refractivity contribution < 1.29 is 13.5 Å². The van der Waals surface area contributed by atoms with Gasteiger partial charge in [0.1, 0.15) is 17.4 Å². The maximum absolute atomic E-state index is 13.6. The minimum absolute atomic E-state index is 0.156. The van der Waals surface area contributed by atoms with Gasteiger partial charge in [-0.15, -0.1) is 0 Å². The Morgan fingerprint density at radius 3 is 2.53 bits per heavy atom. The lowest BCUT2D eigenvalue weighted by atomic mass is 10.1. The molecule has 2 nitrogen and oxygen atoms in total. The van der Waals surface area contributed by atoms with E-state index in [1.54, 1.807) is 7.11 Å². The zero-order chi connectivity index (χ0) is 13.8. The van der Waals surface area contributed by atoms with Crippen LogP contribution in [0.2, 0.25) is 0 Å². The first-order chi connectivity index (χ1) is 9.11. The molecule has 2 rings (SSSR count). The van der Waals surface area contributed by atoms with Crippen molar-refractivity contribution in [2.45, 2.75) is 13.0 Å². The predicted octanol–water partition coefficient (Wildman–Crippen LogP) is 4.15. The molecule has 0 bridgehead atoms. The number of methoxy groups -OCH3 is 1. The normalized spacial score (nSPS) is 12.0. The van der Waals surface area contributed by atoms with Gasteiger partial charge >= 0.3 is 0 Å². The molecule has 2 aromatic rings. The number of hydrogen-bond donors (Lipinski definition) is 1. The molecule has 0 aliphatic carbocycles. The fourth-order valence-corrected chi connectivity index (χ4v) is 1.94. The summed E-state index contributed by atoms with van der Waals surface area (Å²) in [7, 11) is 1.59. The summed E-state index contributed by atoms with van der Waals surface area (Å²) in [5.41, 5.74) is 1.17. The number of nitrogens with one attached hydrogen (secondary N) is 1. The van der Waals surface area contributed by atoms with Crippen LogP contribution in [0.4, 0.5) is 14.5 Å². The third-order valence-corrected chi connectivity index (χ3v) is 2.91. The van der Waals surface area contributed by atoms with Crippen LogP contribution in [0.1, 0.15) is 18.5 Å². The smallest absolute Gasteiger partial charge is 0.149 e. The summed E-state index contributed by atoms with van der Waals surface area (Å²) in [4.78, 5) is 0. The second kappa shape index (κ2) is 5.69. The van der Waals surface area contributed by atoms with Gasteiger partial charge in [0.2, 0.25) is 0 Å². The highest BCUT2D eigenvalue weighted by atomic mass is 19.1. The van der Waals surface area contributed by atoms with Gasteiger partial charge in [-0.25, -0.2) is 8.78 Å². The number of halogens is 2. The van der Waals surface area contributed by atoms with Crippen LogP contribution in [0.15, 0.2) is 42.5 Å². The highest BCUT2D eigenvalue weighted by molar-refractivity contribution is 5.48. The molecule has 100 valence electrons. The molecule has 0 saturated carbocycles. The van der Waals surface area contributed by atoms with E-state index in [1.807, 2.05) is 31.2 Å². The van der Waals surface area contributed by atoms with Crippen molar-refractivity contribution in [1.82, 2.24) is 0 Å². The molecule has 1 unspecified atom stereocenters. The fraction of sp³-hybridized carbons (Fsp3) is 0.200. The quantitative estimate of drug-likeness (QED) is 0.894. The van der Waals surface area contributed by atoms with Crippen molar-refractivity contribution >= 4 is 5.69 Å². The summed E-state index contributed by atoms with van der Waals surface area (Å²) in [6.07, 6.45) is 0. The lowest BCUT2D eigenvalue weighted by molar-refractivity contribution is 0.408. The molecule has 19 heavy (non-hydrogen) atoms. The van der Waals surface area contributed by atoms with Gasteiger partial charge in [0.25, 0.3) is 0 Å². The van der Waals surface area contributed by atoms with Crippen LogP contribution in [0.25, 0.3) is 0 Å². The Labute approximate surface area is 111 Å². The van der Waals surface area contributed by atoms with Crippen LogP contribution < -0.4 is 10.1 Å².